The molecule has 0 aliphatic heterocycles. The summed E-state index contributed by atoms with van der Waals surface area (Å²) >= 11 is 0. The number of halogens is 1. The van der Waals surface area contributed by atoms with Crippen LogP contribution in [0.15, 0.2) is 66.1 Å². The van der Waals surface area contributed by atoms with E-state index in [9.17, 15) is 12.8 Å². The van der Waals surface area contributed by atoms with Crippen LogP contribution in [0, 0.1) is 5.82 Å². The summed E-state index contributed by atoms with van der Waals surface area (Å²) in [6.45, 7) is 0. The molecule has 0 fully saturated rings. The summed E-state index contributed by atoms with van der Waals surface area (Å²) in [6, 6.07) is 9.85. The minimum atomic E-state index is -3.84. The summed E-state index contributed by atoms with van der Waals surface area (Å²) in [5.41, 5.74) is 8.54. The van der Waals surface area contributed by atoms with E-state index in [1.165, 1.54) is 32.4 Å². The number of pyridine rings is 3. The van der Waals surface area contributed by atoms with Crippen molar-refractivity contribution in [2.24, 2.45) is 0 Å². The molecule has 0 amide bonds. The maximum absolute atomic E-state index is 15.0. The van der Waals surface area contributed by atoms with Gasteiger partial charge in [0.05, 0.1) is 5.52 Å². The van der Waals surface area contributed by atoms with E-state index in [0.29, 0.717) is 16.5 Å². The Morgan fingerprint density at radius 2 is 1.67 bits per heavy atom. The van der Waals surface area contributed by atoms with Gasteiger partial charge >= 0.3 is 0 Å². The lowest BCUT2D eigenvalue weighted by Gasteiger charge is -2.15. The van der Waals surface area contributed by atoms with E-state index in [-0.39, 0.29) is 16.3 Å². The molecule has 7 nitrogen and oxygen atoms in total. The van der Waals surface area contributed by atoms with Crippen molar-refractivity contribution < 1.29 is 12.8 Å². The summed E-state index contributed by atoms with van der Waals surface area (Å²) in [6.07, 6.45) is 6.32. The zero-order valence-electron chi connectivity index (χ0n) is 16.2. The first-order valence-corrected chi connectivity index (χ1v) is 10.4. The van der Waals surface area contributed by atoms with Crippen LogP contribution >= 0.6 is 0 Å². The Morgan fingerprint density at radius 3 is 2.37 bits per heavy atom. The van der Waals surface area contributed by atoms with E-state index in [1.54, 1.807) is 24.7 Å². The number of rotatable bonds is 4. The lowest BCUT2D eigenvalue weighted by atomic mass is 9.98. The number of nitrogens with two attached hydrogens (primary N) is 1. The fourth-order valence-electron chi connectivity index (χ4n) is 3.18. The van der Waals surface area contributed by atoms with Crippen LogP contribution < -0.4 is 5.73 Å². The number of nitrogen functional groups attached to an aromatic ring is 1. The van der Waals surface area contributed by atoms with Crippen molar-refractivity contribution in [3.8, 4) is 22.3 Å². The fraction of sp³-hybridized carbons (Fsp3) is 0.0952. The number of aromatic nitrogens is 3. The standard InChI is InChI=1S/C21H18FN5O2S/c1-27(2)30(28,29)20-9-14(12-26-21(20)23)16-10-17-15(13-3-6-24-7-4-13)5-8-25-19(17)11-18(16)22/h3-12H,1-2H3,(H2,23,26). The van der Waals surface area contributed by atoms with Crippen LogP contribution in [-0.2, 0) is 10.0 Å². The summed E-state index contributed by atoms with van der Waals surface area (Å²) in [5, 5.41) is 0.717. The van der Waals surface area contributed by atoms with Crippen LogP contribution in [0.25, 0.3) is 33.2 Å². The van der Waals surface area contributed by atoms with E-state index in [2.05, 4.69) is 15.0 Å². The Kier molecular flexibility index (Phi) is 4.92. The van der Waals surface area contributed by atoms with Gasteiger partial charge in [0.15, 0.2) is 0 Å². The topological polar surface area (TPSA) is 102 Å². The first-order valence-electron chi connectivity index (χ1n) is 8.96. The van der Waals surface area contributed by atoms with Gasteiger partial charge in [-0.25, -0.2) is 22.1 Å². The zero-order chi connectivity index (χ0) is 21.5. The summed E-state index contributed by atoms with van der Waals surface area (Å²) in [5.74, 6) is -0.686. The van der Waals surface area contributed by atoms with Crippen molar-refractivity contribution in [1.29, 1.82) is 0 Å². The van der Waals surface area contributed by atoms with Gasteiger partial charge in [-0.15, -0.1) is 0 Å². The highest BCUT2D eigenvalue weighted by Gasteiger charge is 2.23. The molecule has 2 N–H and O–H groups in total. The maximum Gasteiger partial charge on any atom is 0.246 e. The molecule has 152 valence electrons. The Labute approximate surface area is 173 Å². The van der Waals surface area contributed by atoms with Gasteiger partial charge in [0.2, 0.25) is 10.0 Å². The Hall–Kier alpha value is -3.43. The second-order valence-electron chi connectivity index (χ2n) is 6.84. The van der Waals surface area contributed by atoms with Crippen LogP contribution in [0.4, 0.5) is 10.2 Å². The van der Waals surface area contributed by atoms with Crippen molar-refractivity contribution in [1.82, 2.24) is 19.3 Å². The van der Waals surface area contributed by atoms with Gasteiger partial charge in [-0.05, 0) is 41.5 Å². The third kappa shape index (κ3) is 3.38. The highest BCUT2D eigenvalue weighted by atomic mass is 32.2. The van der Waals surface area contributed by atoms with Crippen molar-refractivity contribution in [2.75, 3.05) is 19.8 Å². The van der Waals surface area contributed by atoms with Crippen LogP contribution in [0.5, 0.6) is 0 Å². The first-order chi connectivity index (χ1) is 14.3. The highest BCUT2D eigenvalue weighted by molar-refractivity contribution is 7.89. The van der Waals surface area contributed by atoms with Crippen molar-refractivity contribution in [3.05, 3.63) is 67.0 Å². The number of sulfonamides is 1. The average molecular weight is 423 g/mol. The third-order valence-electron chi connectivity index (χ3n) is 4.77. The molecule has 3 heterocycles. The van der Waals surface area contributed by atoms with Crippen molar-refractivity contribution >= 4 is 26.7 Å². The largest absolute Gasteiger partial charge is 0.383 e. The normalized spacial score (nSPS) is 11.9. The van der Waals surface area contributed by atoms with Crippen LogP contribution in [-0.4, -0.2) is 41.8 Å². The molecular formula is C21H18FN5O2S. The van der Waals surface area contributed by atoms with E-state index in [0.717, 1.165) is 15.4 Å². The molecule has 30 heavy (non-hydrogen) atoms. The second-order valence-corrected chi connectivity index (χ2v) is 8.96. The zero-order valence-corrected chi connectivity index (χ0v) is 17.1. The Morgan fingerprint density at radius 1 is 0.933 bits per heavy atom. The molecule has 0 radical (unpaired) electrons. The van der Waals surface area contributed by atoms with Crippen molar-refractivity contribution in [2.45, 2.75) is 4.90 Å². The maximum atomic E-state index is 15.0. The van der Waals surface area contributed by atoms with Gasteiger partial charge in [-0.2, -0.15) is 0 Å². The highest BCUT2D eigenvalue weighted by Crippen LogP contribution is 2.34. The predicted molar refractivity (Wildman–Crippen MR) is 113 cm³/mol. The number of nitrogens with zero attached hydrogens (tertiary/aromatic N) is 4. The van der Waals surface area contributed by atoms with E-state index >= 15 is 0 Å². The molecule has 0 aliphatic rings. The minimum Gasteiger partial charge on any atom is -0.383 e. The fourth-order valence-corrected chi connectivity index (χ4v) is 4.16. The molecule has 0 saturated heterocycles. The predicted octanol–water partition coefficient (Wildman–Crippen LogP) is 3.33. The molecule has 9 heteroatoms. The number of hydrogen-bond donors (Lipinski definition) is 1. The van der Waals surface area contributed by atoms with Gasteiger partial charge in [0.25, 0.3) is 0 Å². The van der Waals surface area contributed by atoms with Crippen molar-refractivity contribution in [3.63, 3.8) is 0 Å². The molecule has 0 atom stereocenters. The van der Waals surface area contributed by atoms with E-state index in [4.69, 9.17) is 5.73 Å². The Balaban J connectivity index is 1.96. The third-order valence-corrected chi connectivity index (χ3v) is 6.62. The monoisotopic (exact) mass is 423 g/mol. The first kappa shape index (κ1) is 19.9. The number of hydrogen-bond acceptors (Lipinski definition) is 6. The lowest BCUT2D eigenvalue weighted by Crippen LogP contribution is -2.23. The summed E-state index contributed by atoms with van der Waals surface area (Å²) in [7, 11) is -1.05. The molecule has 3 aromatic heterocycles. The van der Waals surface area contributed by atoms with Crippen LogP contribution in [0.1, 0.15) is 0 Å². The molecular weight excluding hydrogens is 405 g/mol. The molecule has 1 aromatic carbocycles. The van der Waals surface area contributed by atoms with Gasteiger partial charge in [-0.3, -0.25) is 9.97 Å². The quantitative estimate of drug-likeness (QED) is 0.540. The average Bonchev–Trinajstić information content (AvgIpc) is 2.73. The van der Waals surface area contributed by atoms with Gasteiger partial charge in [0, 0.05) is 61.5 Å². The lowest BCUT2D eigenvalue weighted by molar-refractivity contribution is 0.521. The molecule has 4 aromatic rings. The number of fused-ring (bicyclic) bond motifs is 1. The molecule has 0 bridgehead atoms. The summed E-state index contributed by atoms with van der Waals surface area (Å²) in [4.78, 5) is 12.1. The summed E-state index contributed by atoms with van der Waals surface area (Å²) < 4.78 is 41.1. The molecule has 0 spiro atoms. The Bertz CT molecular complexity index is 1360. The van der Waals surface area contributed by atoms with E-state index in [1.807, 2.05) is 18.2 Å². The van der Waals surface area contributed by atoms with E-state index < -0.39 is 15.8 Å². The molecule has 0 saturated carbocycles. The second kappa shape index (κ2) is 7.43. The van der Waals surface area contributed by atoms with Crippen LogP contribution in [0.3, 0.4) is 0 Å². The van der Waals surface area contributed by atoms with Gasteiger partial charge < -0.3 is 5.73 Å². The number of benzene rings is 1. The molecule has 0 aliphatic carbocycles. The number of anilines is 1. The SMILES string of the molecule is CN(C)S(=O)(=O)c1cc(-c2cc3c(-c4ccncc4)ccnc3cc2F)cnc1N. The molecule has 0 unspecified atom stereocenters. The van der Waals surface area contributed by atoms with Gasteiger partial charge in [0.1, 0.15) is 16.5 Å². The van der Waals surface area contributed by atoms with Gasteiger partial charge in [-0.1, -0.05) is 0 Å². The van der Waals surface area contributed by atoms with Crippen LogP contribution in [0.2, 0.25) is 0 Å². The minimum absolute atomic E-state index is 0.146. The smallest absolute Gasteiger partial charge is 0.246 e. The molecule has 4 rings (SSSR count).